The van der Waals surface area contributed by atoms with E-state index in [2.05, 4.69) is 0 Å². The number of hydrogen-bond donors (Lipinski definition) is 0. The van der Waals surface area contributed by atoms with Crippen molar-refractivity contribution >= 4 is 17.8 Å². The first-order chi connectivity index (χ1) is 13.2. The fourth-order valence-corrected chi connectivity index (χ4v) is 2.49. The highest BCUT2D eigenvalue weighted by atomic mass is 16.5. The van der Waals surface area contributed by atoms with Crippen LogP contribution in [0.2, 0.25) is 0 Å². The highest BCUT2D eigenvalue weighted by Crippen LogP contribution is 2.21. The van der Waals surface area contributed by atoms with E-state index in [9.17, 15) is 9.59 Å². The monoisotopic (exact) mass is 358 g/mol. The Labute approximate surface area is 157 Å². The Balaban J connectivity index is 1.66. The maximum absolute atomic E-state index is 12.3. The first-order valence-corrected chi connectivity index (χ1v) is 8.40. The van der Waals surface area contributed by atoms with E-state index < -0.39 is 5.97 Å². The summed E-state index contributed by atoms with van der Waals surface area (Å²) in [4.78, 5) is 24.4. The van der Waals surface area contributed by atoms with Crippen LogP contribution >= 0.6 is 0 Å². The molecule has 0 amide bonds. The summed E-state index contributed by atoms with van der Waals surface area (Å²) >= 11 is 0. The Kier molecular flexibility index (Phi) is 5.80. The third kappa shape index (κ3) is 4.70. The molecule has 4 nitrogen and oxygen atoms in total. The maximum Gasteiger partial charge on any atom is 0.347 e. The van der Waals surface area contributed by atoms with Gasteiger partial charge in [-0.05, 0) is 35.9 Å². The van der Waals surface area contributed by atoms with Crippen molar-refractivity contribution in [3.8, 4) is 11.5 Å². The number of rotatable bonds is 6. The Morgan fingerprint density at radius 1 is 0.815 bits per heavy atom. The van der Waals surface area contributed by atoms with Gasteiger partial charge in [0.25, 0.3) is 0 Å². The molecule has 27 heavy (non-hydrogen) atoms. The molecule has 0 spiro atoms. The van der Waals surface area contributed by atoms with E-state index >= 15 is 0 Å². The maximum atomic E-state index is 12.3. The zero-order chi connectivity index (χ0) is 19.1. The minimum absolute atomic E-state index is 0.0673. The van der Waals surface area contributed by atoms with Gasteiger partial charge in [0, 0.05) is 5.56 Å². The molecule has 0 bridgehead atoms. The third-order valence-corrected chi connectivity index (χ3v) is 3.90. The molecule has 3 aromatic carbocycles. The van der Waals surface area contributed by atoms with Crippen molar-refractivity contribution in [1.29, 1.82) is 0 Å². The number of ether oxygens (including phenoxy) is 2. The number of carbonyl (C=O) groups excluding carboxylic acids is 2. The van der Waals surface area contributed by atoms with Gasteiger partial charge in [0.1, 0.15) is 17.1 Å². The van der Waals surface area contributed by atoms with E-state index in [-0.39, 0.29) is 5.78 Å². The second-order valence-electron chi connectivity index (χ2n) is 5.72. The number of hydrogen-bond acceptors (Lipinski definition) is 4. The summed E-state index contributed by atoms with van der Waals surface area (Å²) in [6.07, 6.45) is 3.24. The van der Waals surface area contributed by atoms with Gasteiger partial charge in [0.15, 0.2) is 5.78 Å². The predicted octanol–water partition coefficient (Wildman–Crippen LogP) is 4.81. The molecule has 0 fully saturated rings. The normalized spacial score (nSPS) is 10.6. The molecule has 0 saturated carbocycles. The van der Waals surface area contributed by atoms with Gasteiger partial charge < -0.3 is 9.47 Å². The smallest absolute Gasteiger partial charge is 0.347 e. The molecule has 0 aliphatic carbocycles. The van der Waals surface area contributed by atoms with E-state index in [1.165, 1.54) is 13.2 Å². The van der Waals surface area contributed by atoms with Crippen LogP contribution in [0.5, 0.6) is 11.5 Å². The molecule has 0 heterocycles. The molecule has 0 saturated heterocycles. The average molecular weight is 358 g/mol. The fourth-order valence-electron chi connectivity index (χ4n) is 2.49. The van der Waals surface area contributed by atoms with Crippen molar-refractivity contribution in [2.75, 3.05) is 7.11 Å². The van der Waals surface area contributed by atoms with Crippen LogP contribution in [0.15, 0.2) is 84.9 Å². The van der Waals surface area contributed by atoms with Crippen molar-refractivity contribution in [3.63, 3.8) is 0 Å². The molecular formula is C23H18O4. The van der Waals surface area contributed by atoms with Crippen LogP contribution < -0.4 is 9.47 Å². The molecule has 0 aliphatic heterocycles. The zero-order valence-corrected chi connectivity index (χ0v) is 14.8. The number of ketones is 1. The van der Waals surface area contributed by atoms with Gasteiger partial charge in [-0.2, -0.15) is 0 Å². The highest BCUT2D eigenvalue weighted by molar-refractivity contribution is 6.06. The van der Waals surface area contributed by atoms with Crippen molar-refractivity contribution in [1.82, 2.24) is 0 Å². The lowest BCUT2D eigenvalue weighted by Gasteiger charge is -2.08. The second-order valence-corrected chi connectivity index (χ2v) is 5.72. The van der Waals surface area contributed by atoms with Crippen LogP contribution in [0, 0.1) is 0 Å². The lowest BCUT2D eigenvalue weighted by Crippen LogP contribution is -2.09. The number of para-hydroxylation sites is 1. The molecule has 3 rings (SSSR count). The summed E-state index contributed by atoms with van der Waals surface area (Å²) in [5, 5.41) is 0. The molecule has 4 heteroatoms. The third-order valence-electron chi connectivity index (χ3n) is 3.90. The molecule has 0 unspecified atom stereocenters. The lowest BCUT2D eigenvalue weighted by molar-refractivity contribution is 0.0731. The Bertz CT molecular complexity index is 957. The first kappa shape index (κ1) is 18.1. The van der Waals surface area contributed by atoms with Crippen LogP contribution in [0.1, 0.15) is 26.3 Å². The molecule has 0 atom stereocenters. The SMILES string of the molecule is COc1ccccc1C(=O)Oc1ccc(/C=C/C(=O)c2ccccc2)cc1. The molecule has 3 aromatic rings. The zero-order valence-electron chi connectivity index (χ0n) is 14.8. The summed E-state index contributed by atoms with van der Waals surface area (Å²) in [6, 6.07) is 22.9. The average Bonchev–Trinajstić information content (AvgIpc) is 2.73. The van der Waals surface area contributed by atoms with E-state index in [4.69, 9.17) is 9.47 Å². The quantitative estimate of drug-likeness (QED) is 0.275. The Morgan fingerprint density at radius 3 is 2.19 bits per heavy atom. The van der Waals surface area contributed by atoms with Crippen LogP contribution in [-0.4, -0.2) is 18.9 Å². The standard InChI is InChI=1S/C23H18O4/c1-26-22-10-6-5-9-20(22)23(25)27-19-14-11-17(12-15-19)13-16-21(24)18-7-3-2-4-8-18/h2-16H,1H3/b16-13+. The minimum atomic E-state index is -0.491. The summed E-state index contributed by atoms with van der Waals surface area (Å²) in [6.45, 7) is 0. The van der Waals surface area contributed by atoms with E-state index in [1.54, 1.807) is 66.7 Å². The van der Waals surface area contributed by atoms with Gasteiger partial charge in [0.2, 0.25) is 0 Å². The summed E-state index contributed by atoms with van der Waals surface area (Å²) in [7, 11) is 1.50. The molecule has 134 valence electrons. The van der Waals surface area contributed by atoms with Gasteiger partial charge in [0.05, 0.1) is 7.11 Å². The summed E-state index contributed by atoms with van der Waals surface area (Å²) < 4.78 is 10.6. The number of carbonyl (C=O) groups is 2. The number of allylic oxidation sites excluding steroid dienone is 1. The summed E-state index contributed by atoms with van der Waals surface area (Å²) in [5.74, 6) is 0.316. The number of methoxy groups -OCH3 is 1. The van der Waals surface area contributed by atoms with Crippen molar-refractivity contribution in [2.24, 2.45) is 0 Å². The van der Waals surface area contributed by atoms with Crippen molar-refractivity contribution in [3.05, 3.63) is 102 Å². The molecule has 0 radical (unpaired) electrons. The van der Waals surface area contributed by atoms with Gasteiger partial charge >= 0.3 is 5.97 Å². The lowest BCUT2D eigenvalue weighted by atomic mass is 10.1. The number of benzene rings is 3. The second kappa shape index (κ2) is 8.63. The Hall–Kier alpha value is -3.66. The van der Waals surface area contributed by atoms with E-state index in [0.717, 1.165) is 5.56 Å². The molecule has 0 aromatic heterocycles. The van der Waals surface area contributed by atoms with Gasteiger partial charge in [-0.25, -0.2) is 4.79 Å². The predicted molar refractivity (Wildman–Crippen MR) is 104 cm³/mol. The van der Waals surface area contributed by atoms with Crippen LogP contribution in [0.4, 0.5) is 0 Å². The van der Waals surface area contributed by atoms with E-state index in [1.807, 2.05) is 18.2 Å². The number of esters is 1. The Morgan fingerprint density at radius 2 is 1.48 bits per heavy atom. The highest BCUT2D eigenvalue weighted by Gasteiger charge is 2.13. The molecule has 0 aliphatic rings. The van der Waals surface area contributed by atoms with Gasteiger partial charge in [-0.1, -0.05) is 60.7 Å². The van der Waals surface area contributed by atoms with Crippen molar-refractivity contribution in [2.45, 2.75) is 0 Å². The van der Waals surface area contributed by atoms with Crippen LogP contribution in [0.25, 0.3) is 6.08 Å². The van der Waals surface area contributed by atoms with Gasteiger partial charge in [-0.15, -0.1) is 0 Å². The van der Waals surface area contributed by atoms with Crippen molar-refractivity contribution < 1.29 is 19.1 Å². The fraction of sp³-hybridized carbons (Fsp3) is 0.0435. The van der Waals surface area contributed by atoms with E-state index in [0.29, 0.717) is 22.6 Å². The minimum Gasteiger partial charge on any atom is -0.496 e. The van der Waals surface area contributed by atoms with Crippen LogP contribution in [0.3, 0.4) is 0 Å². The summed E-state index contributed by atoms with van der Waals surface area (Å²) in [5.41, 5.74) is 1.82. The van der Waals surface area contributed by atoms with Gasteiger partial charge in [-0.3, -0.25) is 4.79 Å². The largest absolute Gasteiger partial charge is 0.496 e. The molecular weight excluding hydrogens is 340 g/mol. The van der Waals surface area contributed by atoms with Crippen LogP contribution in [-0.2, 0) is 0 Å². The first-order valence-electron chi connectivity index (χ1n) is 8.40. The topological polar surface area (TPSA) is 52.6 Å². The molecule has 0 N–H and O–H groups in total.